The number of fused-ring (bicyclic) bond motifs is 1. The van der Waals surface area contributed by atoms with E-state index in [4.69, 9.17) is 9.26 Å². The maximum Gasteiger partial charge on any atom is 0.191 e. The normalized spacial score (nSPS) is 17.1. The number of morpholine rings is 1. The van der Waals surface area contributed by atoms with E-state index in [1.807, 2.05) is 0 Å². The molecular formula is C22H26FN5O2S. The molecule has 0 spiro atoms. The quantitative estimate of drug-likeness (QED) is 0.517. The number of hydrogen-bond acceptors (Lipinski definition) is 7. The van der Waals surface area contributed by atoms with Gasteiger partial charge in [0.1, 0.15) is 11.6 Å². The molecule has 1 aromatic carbocycles. The lowest BCUT2D eigenvalue weighted by Crippen LogP contribution is -2.38. The molecule has 31 heavy (non-hydrogen) atoms. The van der Waals surface area contributed by atoms with Gasteiger partial charge in [-0.2, -0.15) is 0 Å². The Kier molecular flexibility index (Phi) is 6.33. The van der Waals surface area contributed by atoms with E-state index in [1.165, 1.54) is 30.5 Å². The molecule has 0 radical (unpaired) electrons. The van der Waals surface area contributed by atoms with E-state index in [0.717, 1.165) is 80.2 Å². The summed E-state index contributed by atoms with van der Waals surface area (Å²) in [6.07, 6.45) is 4.39. The summed E-state index contributed by atoms with van der Waals surface area (Å²) in [7, 11) is 0. The van der Waals surface area contributed by atoms with Crippen LogP contribution >= 0.6 is 11.8 Å². The molecule has 1 aliphatic heterocycles. The Morgan fingerprint density at radius 1 is 1.00 bits per heavy atom. The predicted molar refractivity (Wildman–Crippen MR) is 115 cm³/mol. The number of halogens is 1. The largest absolute Gasteiger partial charge is 0.379 e. The monoisotopic (exact) mass is 443 g/mol. The van der Waals surface area contributed by atoms with Crippen molar-refractivity contribution in [2.75, 3.05) is 32.8 Å². The number of ether oxygens (including phenoxy) is 1. The molecule has 2 aliphatic rings. The fourth-order valence-electron chi connectivity index (χ4n) is 4.17. The summed E-state index contributed by atoms with van der Waals surface area (Å²) in [6, 6.07) is 6.44. The smallest absolute Gasteiger partial charge is 0.191 e. The number of rotatable bonds is 7. The fourth-order valence-corrected chi connectivity index (χ4v) is 5.10. The lowest BCUT2D eigenvalue weighted by atomic mass is 9.97. The third-order valence-corrected chi connectivity index (χ3v) is 6.91. The maximum atomic E-state index is 13.4. The van der Waals surface area contributed by atoms with Crippen molar-refractivity contribution in [1.82, 2.24) is 24.8 Å². The Balaban J connectivity index is 1.36. The standard InChI is InChI=1S/C22H26FN5O2S/c23-17-7-5-16(6-8-17)21-24-25-22(28(21)10-9-27-11-13-29-14-12-27)31-15-19-18-3-1-2-4-20(18)30-26-19/h5-8H,1-4,9-15H2. The van der Waals surface area contributed by atoms with Crippen molar-refractivity contribution < 1.29 is 13.7 Å². The van der Waals surface area contributed by atoms with E-state index in [0.29, 0.717) is 5.75 Å². The first-order valence-corrected chi connectivity index (χ1v) is 11.8. The van der Waals surface area contributed by atoms with Crippen LogP contribution in [0, 0.1) is 5.82 Å². The summed E-state index contributed by atoms with van der Waals surface area (Å²) < 4.78 is 26.6. The maximum absolute atomic E-state index is 13.4. The van der Waals surface area contributed by atoms with Crippen LogP contribution in [0.15, 0.2) is 33.9 Å². The summed E-state index contributed by atoms with van der Waals surface area (Å²) in [5.74, 6) is 2.26. The van der Waals surface area contributed by atoms with Gasteiger partial charge in [0.15, 0.2) is 11.0 Å². The van der Waals surface area contributed by atoms with E-state index in [9.17, 15) is 4.39 Å². The van der Waals surface area contributed by atoms with Crippen LogP contribution in [0.4, 0.5) is 4.39 Å². The zero-order chi connectivity index (χ0) is 21.0. The van der Waals surface area contributed by atoms with Gasteiger partial charge in [0.2, 0.25) is 0 Å². The van der Waals surface area contributed by atoms with Gasteiger partial charge in [0.25, 0.3) is 0 Å². The van der Waals surface area contributed by atoms with Crippen LogP contribution in [0.1, 0.15) is 29.9 Å². The Labute approximate surface area is 185 Å². The molecular weight excluding hydrogens is 417 g/mol. The van der Waals surface area contributed by atoms with Gasteiger partial charge >= 0.3 is 0 Å². The van der Waals surface area contributed by atoms with Gasteiger partial charge in [-0.25, -0.2) is 4.39 Å². The molecule has 1 aliphatic carbocycles. The third kappa shape index (κ3) is 4.68. The van der Waals surface area contributed by atoms with Crippen LogP contribution in [0.5, 0.6) is 0 Å². The predicted octanol–water partition coefficient (Wildman–Crippen LogP) is 3.58. The summed E-state index contributed by atoms with van der Waals surface area (Å²) in [6.45, 7) is 5.06. The molecule has 0 amide bonds. The Morgan fingerprint density at radius 3 is 2.65 bits per heavy atom. The molecule has 1 saturated heterocycles. The van der Waals surface area contributed by atoms with Crippen LogP contribution < -0.4 is 0 Å². The summed E-state index contributed by atoms with van der Waals surface area (Å²) in [4.78, 5) is 2.39. The lowest BCUT2D eigenvalue weighted by molar-refractivity contribution is 0.0361. The van der Waals surface area contributed by atoms with Crippen LogP contribution in [-0.2, 0) is 29.9 Å². The molecule has 7 nitrogen and oxygen atoms in total. The summed E-state index contributed by atoms with van der Waals surface area (Å²) in [5.41, 5.74) is 3.16. The van der Waals surface area contributed by atoms with Gasteiger partial charge in [0, 0.05) is 49.5 Å². The second-order valence-electron chi connectivity index (χ2n) is 7.95. The van der Waals surface area contributed by atoms with E-state index in [-0.39, 0.29) is 5.82 Å². The zero-order valence-electron chi connectivity index (χ0n) is 17.4. The Morgan fingerprint density at radius 2 is 1.81 bits per heavy atom. The van der Waals surface area contributed by atoms with Gasteiger partial charge in [-0.15, -0.1) is 10.2 Å². The highest BCUT2D eigenvalue weighted by atomic mass is 32.2. The van der Waals surface area contributed by atoms with Crippen molar-refractivity contribution in [1.29, 1.82) is 0 Å². The number of hydrogen-bond donors (Lipinski definition) is 0. The van der Waals surface area contributed by atoms with Gasteiger partial charge < -0.3 is 13.8 Å². The number of aromatic nitrogens is 4. The lowest BCUT2D eigenvalue weighted by Gasteiger charge is -2.27. The van der Waals surface area contributed by atoms with Crippen LogP contribution in [0.3, 0.4) is 0 Å². The minimum absolute atomic E-state index is 0.256. The molecule has 1 fully saturated rings. The minimum atomic E-state index is -0.256. The van der Waals surface area contributed by atoms with E-state index >= 15 is 0 Å². The van der Waals surface area contributed by atoms with Crippen LogP contribution in [-0.4, -0.2) is 57.7 Å². The second-order valence-corrected chi connectivity index (χ2v) is 8.89. The molecule has 0 saturated carbocycles. The molecule has 164 valence electrons. The topological polar surface area (TPSA) is 69.2 Å². The average Bonchev–Trinajstić information content (AvgIpc) is 3.41. The molecule has 5 rings (SSSR count). The number of thioether (sulfide) groups is 1. The molecule has 0 atom stereocenters. The highest BCUT2D eigenvalue weighted by molar-refractivity contribution is 7.98. The first-order chi connectivity index (χ1) is 15.3. The Hall–Kier alpha value is -2.23. The number of benzene rings is 1. The highest BCUT2D eigenvalue weighted by Crippen LogP contribution is 2.30. The van der Waals surface area contributed by atoms with Gasteiger partial charge in [0.05, 0.1) is 18.9 Å². The SMILES string of the molecule is Fc1ccc(-c2nnc(SCc3noc4c3CCCC4)n2CCN2CCOCC2)cc1. The van der Waals surface area contributed by atoms with E-state index in [1.54, 1.807) is 23.9 Å². The molecule has 0 bridgehead atoms. The number of aryl methyl sites for hydroxylation is 1. The molecule has 9 heteroatoms. The van der Waals surface area contributed by atoms with Crippen molar-refractivity contribution in [3.63, 3.8) is 0 Å². The summed E-state index contributed by atoms with van der Waals surface area (Å²) >= 11 is 1.63. The van der Waals surface area contributed by atoms with Crippen LogP contribution in [0.2, 0.25) is 0 Å². The molecule has 2 aromatic heterocycles. The van der Waals surface area contributed by atoms with Crippen molar-refractivity contribution in [3.8, 4) is 11.4 Å². The average molecular weight is 444 g/mol. The second kappa shape index (κ2) is 9.50. The van der Waals surface area contributed by atoms with E-state index < -0.39 is 0 Å². The Bertz CT molecular complexity index is 1010. The van der Waals surface area contributed by atoms with Crippen LogP contribution in [0.25, 0.3) is 11.4 Å². The highest BCUT2D eigenvalue weighted by Gasteiger charge is 2.21. The van der Waals surface area contributed by atoms with Crippen molar-refractivity contribution >= 4 is 11.8 Å². The molecule has 3 heterocycles. The zero-order valence-corrected chi connectivity index (χ0v) is 18.2. The summed E-state index contributed by atoms with van der Waals surface area (Å²) in [5, 5.41) is 14.1. The van der Waals surface area contributed by atoms with Crippen molar-refractivity contribution in [3.05, 3.63) is 47.1 Å². The van der Waals surface area contributed by atoms with Gasteiger partial charge in [-0.1, -0.05) is 16.9 Å². The molecule has 0 N–H and O–H groups in total. The van der Waals surface area contributed by atoms with Crippen molar-refractivity contribution in [2.24, 2.45) is 0 Å². The van der Waals surface area contributed by atoms with Crippen molar-refractivity contribution in [2.45, 2.75) is 43.1 Å². The van der Waals surface area contributed by atoms with Gasteiger partial charge in [-0.3, -0.25) is 4.90 Å². The fraction of sp³-hybridized carbons (Fsp3) is 0.500. The molecule has 0 unspecified atom stereocenters. The van der Waals surface area contributed by atoms with Gasteiger partial charge in [-0.05, 0) is 43.5 Å². The van der Waals surface area contributed by atoms with E-state index in [2.05, 4.69) is 24.8 Å². The molecule has 3 aromatic rings. The third-order valence-electron chi connectivity index (χ3n) is 5.93. The first-order valence-electron chi connectivity index (χ1n) is 10.9. The first kappa shape index (κ1) is 20.7. The number of nitrogens with zero attached hydrogens (tertiary/aromatic N) is 5. The minimum Gasteiger partial charge on any atom is -0.379 e.